The van der Waals surface area contributed by atoms with E-state index in [1.54, 1.807) is 12.1 Å². The summed E-state index contributed by atoms with van der Waals surface area (Å²) in [6.07, 6.45) is 0.268. The van der Waals surface area contributed by atoms with E-state index >= 15 is 0 Å². The molecule has 0 heterocycles. The first-order chi connectivity index (χ1) is 9.10. The molecule has 0 bridgehead atoms. The highest BCUT2D eigenvalue weighted by atomic mass is 19.1. The molecule has 0 atom stereocenters. The minimum Gasteiger partial charge on any atom is -0.398 e. The van der Waals surface area contributed by atoms with Gasteiger partial charge in [0.2, 0.25) is 0 Å². The first-order valence-corrected chi connectivity index (χ1v) is 5.88. The summed E-state index contributed by atoms with van der Waals surface area (Å²) in [5.41, 5.74) is 9.65. The van der Waals surface area contributed by atoms with Crippen LogP contribution in [0.15, 0.2) is 36.4 Å². The monoisotopic (exact) mass is 255 g/mol. The van der Waals surface area contributed by atoms with Crippen LogP contribution >= 0.6 is 0 Å². The standard InChI is InChI=1S/C15H14FN3/c1-10-8-12(16)2-5-15(10)19-13-3-4-14(18)11(9-13)6-7-17/h2-5,8-9,19H,6,18H2,1H3. The Morgan fingerprint density at radius 2 is 2.05 bits per heavy atom. The van der Waals surface area contributed by atoms with Crippen molar-refractivity contribution in [3.05, 3.63) is 53.3 Å². The van der Waals surface area contributed by atoms with Gasteiger partial charge in [0, 0.05) is 17.1 Å². The number of hydrogen-bond acceptors (Lipinski definition) is 3. The van der Waals surface area contributed by atoms with Crippen molar-refractivity contribution in [1.82, 2.24) is 0 Å². The van der Waals surface area contributed by atoms with Gasteiger partial charge in [-0.3, -0.25) is 0 Å². The van der Waals surface area contributed by atoms with Crippen molar-refractivity contribution in [2.45, 2.75) is 13.3 Å². The van der Waals surface area contributed by atoms with Crippen molar-refractivity contribution in [1.29, 1.82) is 5.26 Å². The Morgan fingerprint density at radius 1 is 1.26 bits per heavy atom. The van der Waals surface area contributed by atoms with Gasteiger partial charge in [0.15, 0.2) is 0 Å². The molecule has 2 aromatic rings. The zero-order valence-corrected chi connectivity index (χ0v) is 10.6. The number of nitrogens with two attached hydrogens (primary N) is 1. The molecule has 19 heavy (non-hydrogen) atoms. The van der Waals surface area contributed by atoms with Gasteiger partial charge in [0.1, 0.15) is 5.82 Å². The van der Waals surface area contributed by atoms with E-state index in [1.807, 2.05) is 19.1 Å². The van der Waals surface area contributed by atoms with Crippen LogP contribution in [-0.2, 0) is 6.42 Å². The van der Waals surface area contributed by atoms with Gasteiger partial charge in [0.05, 0.1) is 12.5 Å². The molecule has 4 heteroatoms. The van der Waals surface area contributed by atoms with Crippen LogP contribution in [0, 0.1) is 24.1 Å². The van der Waals surface area contributed by atoms with E-state index in [1.165, 1.54) is 12.1 Å². The molecule has 0 fully saturated rings. The van der Waals surface area contributed by atoms with Crippen LogP contribution in [0.4, 0.5) is 21.5 Å². The first-order valence-electron chi connectivity index (χ1n) is 5.88. The van der Waals surface area contributed by atoms with Crippen LogP contribution in [0.25, 0.3) is 0 Å². The summed E-state index contributed by atoms with van der Waals surface area (Å²) in [4.78, 5) is 0. The lowest BCUT2D eigenvalue weighted by molar-refractivity contribution is 0.627. The number of anilines is 3. The third-order valence-electron chi connectivity index (χ3n) is 2.88. The van der Waals surface area contributed by atoms with E-state index in [2.05, 4.69) is 11.4 Å². The predicted octanol–water partition coefficient (Wildman–Crippen LogP) is 3.53. The number of nitriles is 1. The molecule has 2 aromatic carbocycles. The van der Waals surface area contributed by atoms with Gasteiger partial charge in [-0.15, -0.1) is 0 Å². The minimum atomic E-state index is -0.259. The number of nitrogen functional groups attached to an aromatic ring is 1. The normalized spacial score (nSPS) is 9.95. The Morgan fingerprint density at radius 3 is 2.74 bits per heavy atom. The molecule has 0 aromatic heterocycles. The number of benzene rings is 2. The molecule has 0 saturated heterocycles. The molecule has 3 nitrogen and oxygen atoms in total. The zero-order chi connectivity index (χ0) is 13.8. The molecule has 2 rings (SSSR count). The second kappa shape index (κ2) is 5.40. The summed E-state index contributed by atoms with van der Waals surface area (Å²) in [5, 5.41) is 11.9. The summed E-state index contributed by atoms with van der Waals surface area (Å²) in [6.45, 7) is 1.83. The Kier molecular flexibility index (Phi) is 3.67. The molecule has 96 valence electrons. The number of nitrogens with one attached hydrogen (secondary N) is 1. The maximum atomic E-state index is 13.0. The summed E-state index contributed by atoms with van der Waals surface area (Å²) >= 11 is 0. The van der Waals surface area contributed by atoms with Gasteiger partial charge in [0.25, 0.3) is 0 Å². The van der Waals surface area contributed by atoms with Crippen LogP contribution in [0.5, 0.6) is 0 Å². The molecule has 0 radical (unpaired) electrons. The van der Waals surface area contributed by atoms with E-state index in [0.29, 0.717) is 5.69 Å². The molecule has 0 saturated carbocycles. The van der Waals surface area contributed by atoms with E-state index in [9.17, 15) is 4.39 Å². The topological polar surface area (TPSA) is 61.8 Å². The van der Waals surface area contributed by atoms with Gasteiger partial charge < -0.3 is 11.1 Å². The summed E-state index contributed by atoms with van der Waals surface area (Å²) < 4.78 is 13.0. The number of rotatable bonds is 3. The highest BCUT2D eigenvalue weighted by Crippen LogP contribution is 2.24. The maximum absolute atomic E-state index is 13.0. The average Bonchev–Trinajstić information content (AvgIpc) is 2.37. The van der Waals surface area contributed by atoms with Crippen molar-refractivity contribution < 1.29 is 4.39 Å². The molecular weight excluding hydrogens is 241 g/mol. The van der Waals surface area contributed by atoms with Crippen molar-refractivity contribution in [2.75, 3.05) is 11.1 Å². The van der Waals surface area contributed by atoms with Crippen LogP contribution in [-0.4, -0.2) is 0 Å². The molecule has 0 amide bonds. The second-order valence-electron chi connectivity index (χ2n) is 4.33. The molecule has 0 aliphatic carbocycles. The van der Waals surface area contributed by atoms with Gasteiger partial charge in [-0.05, 0) is 54.4 Å². The molecule has 0 aliphatic heterocycles. The van der Waals surface area contributed by atoms with E-state index in [4.69, 9.17) is 11.0 Å². The van der Waals surface area contributed by atoms with Gasteiger partial charge in [-0.2, -0.15) is 5.26 Å². The number of nitrogens with zero attached hydrogens (tertiary/aromatic N) is 1. The third-order valence-corrected chi connectivity index (χ3v) is 2.88. The molecule has 3 N–H and O–H groups in total. The Hall–Kier alpha value is -2.54. The summed E-state index contributed by atoms with van der Waals surface area (Å²) in [6, 6.07) is 12.1. The first kappa shape index (κ1) is 12.9. The van der Waals surface area contributed by atoms with Crippen molar-refractivity contribution >= 4 is 17.1 Å². The summed E-state index contributed by atoms with van der Waals surface area (Å²) in [5.74, 6) is -0.259. The highest BCUT2D eigenvalue weighted by molar-refractivity contribution is 5.66. The van der Waals surface area contributed by atoms with Crippen LogP contribution < -0.4 is 11.1 Å². The van der Waals surface area contributed by atoms with E-state index < -0.39 is 0 Å². The van der Waals surface area contributed by atoms with Gasteiger partial charge >= 0.3 is 0 Å². The van der Waals surface area contributed by atoms with Crippen molar-refractivity contribution in [2.24, 2.45) is 0 Å². The lowest BCUT2D eigenvalue weighted by Gasteiger charge is -2.11. The van der Waals surface area contributed by atoms with Crippen LogP contribution in [0.1, 0.15) is 11.1 Å². The maximum Gasteiger partial charge on any atom is 0.123 e. The molecule has 0 aliphatic rings. The van der Waals surface area contributed by atoms with Crippen molar-refractivity contribution in [3.8, 4) is 6.07 Å². The van der Waals surface area contributed by atoms with Crippen LogP contribution in [0.2, 0.25) is 0 Å². The predicted molar refractivity (Wildman–Crippen MR) is 74.6 cm³/mol. The fraction of sp³-hybridized carbons (Fsp3) is 0.133. The molecule has 0 unspecified atom stereocenters. The van der Waals surface area contributed by atoms with Gasteiger partial charge in [-0.1, -0.05) is 0 Å². The second-order valence-corrected chi connectivity index (χ2v) is 4.33. The Balaban J connectivity index is 2.28. The quantitative estimate of drug-likeness (QED) is 0.825. The van der Waals surface area contributed by atoms with E-state index in [-0.39, 0.29) is 12.2 Å². The smallest absolute Gasteiger partial charge is 0.123 e. The SMILES string of the molecule is Cc1cc(F)ccc1Nc1ccc(N)c(CC#N)c1. The van der Waals surface area contributed by atoms with Gasteiger partial charge in [-0.25, -0.2) is 4.39 Å². The minimum absolute atomic E-state index is 0.259. The largest absolute Gasteiger partial charge is 0.398 e. The Labute approximate surface area is 111 Å². The average molecular weight is 255 g/mol. The van der Waals surface area contributed by atoms with Crippen LogP contribution in [0.3, 0.4) is 0 Å². The van der Waals surface area contributed by atoms with E-state index in [0.717, 1.165) is 22.5 Å². The lowest BCUT2D eigenvalue weighted by atomic mass is 10.1. The number of aryl methyl sites for hydroxylation is 1. The fourth-order valence-electron chi connectivity index (χ4n) is 1.84. The number of hydrogen-bond donors (Lipinski definition) is 2. The molecular formula is C15H14FN3. The highest BCUT2D eigenvalue weighted by Gasteiger charge is 2.04. The Bertz CT molecular complexity index is 644. The molecule has 0 spiro atoms. The number of halogens is 1. The summed E-state index contributed by atoms with van der Waals surface area (Å²) in [7, 11) is 0. The lowest BCUT2D eigenvalue weighted by Crippen LogP contribution is -1.98. The third kappa shape index (κ3) is 3.02. The van der Waals surface area contributed by atoms with Crippen molar-refractivity contribution in [3.63, 3.8) is 0 Å². The zero-order valence-electron chi connectivity index (χ0n) is 10.6. The fourth-order valence-corrected chi connectivity index (χ4v) is 1.84.